The van der Waals surface area contributed by atoms with E-state index < -0.39 is 6.04 Å². The molecule has 3 atom stereocenters. The Labute approximate surface area is 246 Å². The van der Waals surface area contributed by atoms with Crippen molar-refractivity contribution in [1.29, 1.82) is 0 Å². The average molecular weight is 576 g/mol. The number of carbonyl (C=O) groups excluding carboxylic acids is 2. The van der Waals surface area contributed by atoms with Gasteiger partial charge in [0, 0.05) is 37.7 Å². The van der Waals surface area contributed by atoms with Crippen LogP contribution in [0.4, 0.5) is 0 Å². The SMILES string of the molecule is C/C(C=NC(C(=O)N1CCCC1C)C(C)C)=N/N.CC.CC(=C/N)/C(=C\N)c1ccc(C(CO)NC=O)cc1.CO. The zero-order chi connectivity index (χ0) is 32.0. The van der Waals surface area contributed by atoms with Gasteiger partial charge < -0.3 is 37.7 Å². The van der Waals surface area contributed by atoms with Gasteiger partial charge >= 0.3 is 0 Å². The van der Waals surface area contributed by atoms with E-state index >= 15 is 0 Å². The van der Waals surface area contributed by atoms with Crippen LogP contribution in [0.2, 0.25) is 0 Å². The van der Waals surface area contributed by atoms with Gasteiger partial charge in [-0.2, -0.15) is 5.10 Å². The molecule has 1 saturated heterocycles. The molecule has 1 fully saturated rings. The van der Waals surface area contributed by atoms with Crippen molar-refractivity contribution < 1.29 is 19.8 Å². The number of amides is 2. The van der Waals surface area contributed by atoms with E-state index in [1.807, 2.05) is 63.8 Å². The minimum Gasteiger partial charge on any atom is -0.404 e. The molecule has 232 valence electrons. The minimum atomic E-state index is -0.400. The fourth-order valence-electron chi connectivity index (χ4n) is 3.95. The Kier molecular flexibility index (Phi) is 22.2. The van der Waals surface area contributed by atoms with E-state index in [-0.39, 0.29) is 24.5 Å². The Morgan fingerprint density at radius 2 is 1.73 bits per heavy atom. The highest BCUT2D eigenvalue weighted by atomic mass is 16.3. The Hall–Kier alpha value is -3.70. The van der Waals surface area contributed by atoms with Crippen molar-refractivity contribution in [2.24, 2.45) is 33.3 Å². The molecule has 1 aliphatic heterocycles. The lowest BCUT2D eigenvalue weighted by molar-refractivity contribution is -0.134. The normalized spacial score (nSPS) is 16.9. The van der Waals surface area contributed by atoms with Gasteiger partial charge in [0.25, 0.3) is 0 Å². The van der Waals surface area contributed by atoms with Crippen molar-refractivity contribution in [2.45, 2.75) is 79.4 Å². The first-order valence-electron chi connectivity index (χ1n) is 13.9. The summed E-state index contributed by atoms with van der Waals surface area (Å²) in [5.74, 6) is 5.45. The summed E-state index contributed by atoms with van der Waals surface area (Å²) < 4.78 is 0. The highest BCUT2D eigenvalue weighted by Crippen LogP contribution is 2.23. The number of likely N-dealkylation sites (tertiary alicyclic amines) is 1. The first-order valence-corrected chi connectivity index (χ1v) is 13.9. The van der Waals surface area contributed by atoms with Crippen LogP contribution in [-0.4, -0.2) is 71.7 Å². The maximum Gasteiger partial charge on any atom is 0.247 e. The number of nitrogens with zero attached hydrogens (tertiary/aromatic N) is 3. The van der Waals surface area contributed by atoms with E-state index in [1.165, 1.54) is 12.4 Å². The van der Waals surface area contributed by atoms with Gasteiger partial charge in [0.1, 0.15) is 6.04 Å². The molecule has 1 aromatic carbocycles. The summed E-state index contributed by atoms with van der Waals surface area (Å²) in [5, 5.41) is 22.3. The van der Waals surface area contributed by atoms with E-state index in [9.17, 15) is 14.7 Å². The summed E-state index contributed by atoms with van der Waals surface area (Å²) in [6.07, 6.45) is 7.33. The fourth-order valence-corrected chi connectivity index (χ4v) is 3.95. The lowest BCUT2D eigenvalue weighted by Crippen LogP contribution is -2.42. The third-order valence-electron chi connectivity index (χ3n) is 6.26. The Balaban J connectivity index is 0. The monoisotopic (exact) mass is 575 g/mol. The Bertz CT molecular complexity index is 989. The summed E-state index contributed by atoms with van der Waals surface area (Å²) in [7, 11) is 1.00. The number of carbonyl (C=O) groups is 2. The molecule has 1 aromatic rings. The topological polar surface area (TPSA) is 193 Å². The fraction of sp³-hybridized carbons (Fsp3) is 0.533. The average Bonchev–Trinajstić information content (AvgIpc) is 3.44. The summed E-state index contributed by atoms with van der Waals surface area (Å²) in [4.78, 5) is 29.2. The second kappa shape index (κ2) is 23.0. The number of aliphatic hydroxyl groups is 2. The van der Waals surface area contributed by atoms with Gasteiger partial charge in [0.05, 0.1) is 18.4 Å². The number of aliphatic imine (C=N–C) groups is 1. The predicted molar refractivity (Wildman–Crippen MR) is 170 cm³/mol. The van der Waals surface area contributed by atoms with Gasteiger partial charge in [-0.25, -0.2) is 0 Å². The molecule has 0 spiro atoms. The maximum absolute atomic E-state index is 12.4. The molecule has 0 radical (unpaired) electrons. The number of hydrogen-bond donors (Lipinski definition) is 6. The lowest BCUT2D eigenvalue weighted by atomic mass is 9.98. The third-order valence-corrected chi connectivity index (χ3v) is 6.26. The summed E-state index contributed by atoms with van der Waals surface area (Å²) in [6.45, 7) is 14.5. The molecule has 9 N–H and O–H groups in total. The van der Waals surface area contributed by atoms with Crippen molar-refractivity contribution in [1.82, 2.24) is 10.2 Å². The molecule has 1 aliphatic rings. The number of nitrogens with one attached hydrogen (secondary N) is 1. The van der Waals surface area contributed by atoms with Gasteiger partial charge in [-0.1, -0.05) is 52.0 Å². The highest BCUT2D eigenvalue weighted by molar-refractivity contribution is 6.29. The van der Waals surface area contributed by atoms with Crippen LogP contribution in [0.1, 0.15) is 78.5 Å². The van der Waals surface area contributed by atoms with Crippen molar-refractivity contribution in [3.05, 3.63) is 53.4 Å². The number of rotatable bonds is 10. The van der Waals surface area contributed by atoms with Crippen LogP contribution in [0.15, 0.2) is 52.3 Å². The standard InChI is InChI=1S/C14H19N3O2.C13H24N4O.C2H6.CH4O/c1-10(6-15)13(7-16)11-2-4-12(5-3-11)14(8-18)17-9-19;1-9(2)12(15-8-10(3)16-14)13(18)17-7-5-6-11(17)4;2*1-2/h2-7,9,14,18H,8,15-16H2,1H3,(H,17,19);8-9,11-12H,5-7,14H2,1-4H3;1-2H3;2H,1H3/b10-6-,13-7+;15-8?,16-10-;;. The van der Waals surface area contributed by atoms with E-state index in [4.69, 9.17) is 22.4 Å². The van der Waals surface area contributed by atoms with Crippen molar-refractivity contribution in [3.63, 3.8) is 0 Å². The predicted octanol–water partition coefficient (Wildman–Crippen LogP) is 2.69. The van der Waals surface area contributed by atoms with E-state index in [0.717, 1.165) is 48.8 Å². The molecule has 0 aromatic heterocycles. The zero-order valence-corrected chi connectivity index (χ0v) is 26.0. The van der Waals surface area contributed by atoms with Gasteiger partial charge in [0.15, 0.2) is 0 Å². The van der Waals surface area contributed by atoms with Crippen LogP contribution < -0.4 is 22.6 Å². The molecule has 11 nitrogen and oxygen atoms in total. The van der Waals surface area contributed by atoms with Gasteiger partial charge in [-0.15, -0.1) is 0 Å². The molecule has 11 heteroatoms. The molecule has 41 heavy (non-hydrogen) atoms. The van der Waals surface area contributed by atoms with E-state index in [2.05, 4.69) is 22.3 Å². The summed E-state index contributed by atoms with van der Waals surface area (Å²) in [5.41, 5.74) is 15.2. The number of allylic oxidation sites excluding steroid dienone is 2. The maximum atomic E-state index is 12.4. The number of hydrazone groups is 1. The molecule has 3 unspecified atom stereocenters. The van der Waals surface area contributed by atoms with E-state index in [1.54, 1.807) is 13.1 Å². The van der Waals surface area contributed by atoms with Crippen LogP contribution in [0.25, 0.3) is 5.57 Å². The first kappa shape index (κ1) is 39.4. The smallest absolute Gasteiger partial charge is 0.247 e. The summed E-state index contributed by atoms with van der Waals surface area (Å²) >= 11 is 0. The van der Waals surface area contributed by atoms with Crippen molar-refractivity contribution in [3.8, 4) is 0 Å². The Morgan fingerprint density at radius 1 is 1.15 bits per heavy atom. The van der Waals surface area contributed by atoms with Gasteiger partial charge in [0.2, 0.25) is 12.3 Å². The molecule has 2 amide bonds. The second-order valence-electron chi connectivity index (χ2n) is 9.33. The number of nitrogens with two attached hydrogens (primary N) is 3. The minimum absolute atomic E-state index is 0.121. The zero-order valence-electron chi connectivity index (χ0n) is 26.0. The first-order chi connectivity index (χ1) is 19.6. The molecule has 2 rings (SSSR count). The molecular formula is C30H53N7O4. The second-order valence-corrected chi connectivity index (χ2v) is 9.33. The summed E-state index contributed by atoms with van der Waals surface area (Å²) in [6, 6.07) is 7.01. The van der Waals surface area contributed by atoms with Gasteiger partial charge in [-0.3, -0.25) is 14.6 Å². The highest BCUT2D eigenvalue weighted by Gasteiger charge is 2.31. The number of benzene rings is 1. The molecule has 1 heterocycles. The third kappa shape index (κ3) is 13.5. The lowest BCUT2D eigenvalue weighted by Gasteiger charge is -2.26. The van der Waals surface area contributed by atoms with Crippen LogP contribution >= 0.6 is 0 Å². The number of aliphatic hydroxyl groups excluding tert-OH is 2. The van der Waals surface area contributed by atoms with Crippen LogP contribution in [0.3, 0.4) is 0 Å². The quantitative estimate of drug-likeness (QED) is 0.0811. The van der Waals surface area contributed by atoms with Crippen molar-refractivity contribution >= 4 is 29.8 Å². The largest absolute Gasteiger partial charge is 0.404 e. The molecule has 0 bridgehead atoms. The Morgan fingerprint density at radius 3 is 2.12 bits per heavy atom. The van der Waals surface area contributed by atoms with Crippen LogP contribution in [-0.2, 0) is 9.59 Å². The number of hydrogen-bond acceptors (Lipinski definition) is 9. The molecule has 0 saturated carbocycles. The van der Waals surface area contributed by atoms with Crippen LogP contribution in [0.5, 0.6) is 0 Å². The van der Waals surface area contributed by atoms with Crippen LogP contribution in [0, 0.1) is 5.92 Å². The molecular weight excluding hydrogens is 522 g/mol. The van der Waals surface area contributed by atoms with Crippen molar-refractivity contribution in [2.75, 3.05) is 20.3 Å². The van der Waals surface area contributed by atoms with E-state index in [0.29, 0.717) is 18.2 Å². The van der Waals surface area contributed by atoms with Gasteiger partial charge in [-0.05, 0) is 62.4 Å². The molecule has 0 aliphatic carbocycles.